The Balaban J connectivity index is 2.10. The molecule has 0 radical (unpaired) electrons. The molecule has 2 heterocycles. The first-order valence-electron chi connectivity index (χ1n) is 4.32. The first-order chi connectivity index (χ1) is 6.78. The molecule has 0 spiro atoms. The minimum atomic E-state index is 0.411. The zero-order chi connectivity index (χ0) is 9.97. The molecule has 2 rings (SSSR count). The number of hydrogen-bond acceptors (Lipinski definition) is 4. The molecule has 2 aromatic rings. The van der Waals surface area contributed by atoms with Crippen LogP contribution in [0.1, 0.15) is 5.76 Å². The van der Waals surface area contributed by atoms with E-state index in [0.717, 1.165) is 11.4 Å². The summed E-state index contributed by atoms with van der Waals surface area (Å²) < 4.78 is 7.09. The zero-order valence-corrected chi connectivity index (χ0v) is 7.90. The number of nitrogens with two attached hydrogens (primary N) is 1. The molecule has 0 unspecified atom stereocenters. The lowest BCUT2D eigenvalue weighted by Crippen LogP contribution is -1.93. The molecule has 0 saturated heterocycles. The van der Waals surface area contributed by atoms with Crippen LogP contribution in [0.15, 0.2) is 28.9 Å². The first kappa shape index (κ1) is 8.83. The van der Waals surface area contributed by atoms with Gasteiger partial charge in [-0.3, -0.25) is 4.68 Å². The van der Waals surface area contributed by atoms with Crippen LogP contribution in [0.5, 0.6) is 0 Å². The molecule has 2 aromatic heterocycles. The standard InChI is InChI=1S/C9H12N4O/c1-13-6-7(5-11-13)12-9-3-2-8(4-10)14-9/h2-3,5-6,12H,4,10H2,1H3. The molecule has 0 fully saturated rings. The highest BCUT2D eigenvalue weighted by atomic mass is 16.4. The third-order valence-corrected chi connectivity index (χ3v) is 1.84. The molecular formula is C9H12N4O. The van der Waals surface area contributed by atoms with Gasteiger partial charge < -0.3 is 15.5 Å². The van der Waals surface area contributed by atoms with Gasteiger partial charge in [0.2, 0.25) is 0 Å². The van der Waals surface area contributed by atoms with Crippen molar-refractivity contribution in [2.75, 3.05) is 5.32 Å². The van der Waals surface area contributed by atoms with Gasteiger partial charge in [0, 0.05) is 19.3 Å². The van der Waals surface area contributed by atoms with Crippen LogP contribution < -0.4 is 11.1 Å². The second-order valence-corrected chi connectivity index (χ2v) is 3.00. The van der Waals surface area contributed by atoms with Gasteiger partial charge in [-0.05, 0) is 6.07 Å². The van der Waals surface area contributed by atoms with Crippen molar-refractivity contribution in [3.05, 3.63) is 30.3 Å². The minimum Gasteiger partial charge on any atom is -0.444 e. The molecule has 74 valence electrons. The van der Waals surface area contributed by atoms with Gasteiger partial charge in [0.15, 0.2) is 5.88 Å². The summed E-state index contributed by atoms with van der Waals surface area (Å²) >= 11 is 0. The highest BCUT2D eigenvalue weighted by Crippen LogP contribution is 2.18. The van der Waals surface area contributed by atoms with E-state index in [1.165, 1.54) is 0 Å². The average Bonchev–Trinajstić information content (AvgIpc) is 2.76. The number of anilines is 2. The van der Waals surface area contributed by atoms with E-state index in [9.17, 15) is 0 Å². The van der Waals surface area contributed by atoms with Crippen LogP contribution in [-0.2, 0) is 13.6 Å². The van der Waals surface area contributed by atoms with Crippen LogP contribution in [0.4, 0.5) is 11.6 Å². The van der Waals surface area contributed by atoms with Crippen LogP contribution in [0, 0.1) is 0 Å². The van der Waals surface area contributed by atoms with Gasteiger partial charge in [0.05, 0.1) is 18.4 Å². The highest BCUT2D eigenvalue weighted by Gasteiger charge is 2.01. The number of nitrogens with one attached hydrogen (secondary N) is 1. The quantitative estimate of drug-likeness (QED) is 0.767. The monoisotopic (exact) mass is 192 g/mol. The molecule has 5 heteroatoms. The van der Waals surface area contributed by atoms with Gasteiger partial charge >= 0.3 is 0 Å². The molecule has 5 nitrogen and oxygen atoms in total. The van der Waals surface area contributed by atoms with E-state index in [-0.39, 0.29) is 0 Å². The van der Waals surface area contributed by atoms with Gasteiger partial charge in [-0.25, -0.2) is 0 Å². The summed E-state index contributed by atoms with van der Waals surface area (Å²) in [5.41, 5.74) is 6.32. The molecular weight excluding hydrogens is 180 g/mol. The van der Waals surface area contributed by atoms with Gasteiger partial charge in [-0.2, -0.15) is 5.10 Å². The van der Waals surface area contributed by atoms with E-state index in [2.05, 4.69) is 10.4 Å². The SMILES string of the molecule is Cn1cc(Nc2ccc(CN)o2)cn1. The number of furan rings is 1. The lowest BCUT2D eigenvalue weighted by molar-refractivity contribution is 0.528. The van der Waals surface area contributed by atoms with Gasteiger partial charge in [0.1, 0.15) is 5.76 Å². The summed E-state index contributed by atoms with van der Waals surface area (Å²) in [5.74, 6) is 1.44. The average molecular weight is 192 g/mol. The third-order valence-electron chi connectivity index (χ3n) is 1.84. The normalized spacial score (nSPS) is 10.4. The van der Waals surface area contributed by atoms with Crippen molar-refractivity contribution >= 4 is 11.6 Å². The van der Waals surface area contributed by atoms with Crippen LogP contribution in [0.25, 0.3) is 0 Å². The lowest BCUT2D eigenvalue weighted by atomic mass is 10.4. The second-order valence-electron chi connectivity index (χ2n) is 3.00. The van der Waals surface area contributed by atoms with Crippen LogP contribution in [0.2, 0.25) is 0 Å². The molecule has 0 bridgehead atoms. The Kier molecular flexibility index (Phi) is 2.24. The van der Waals surface area contributed by atoms with Crippen LogP contribution >= 0.6 is 0 Å². The van der Waals surface area contributed by atoms with Crippen molar-refractivity contribution in [2.24, 2.45) is 12.8 Å². The molecule has 0 aliphatic carbocycles. The van der Waals surface area contributed by atoms with Crippen LogP contribution in [-0.4, -0.2) is 9.78 Å². The maximum Gasteiger partial charge on any atom is 0.197 e. The Morgan fingerprint density at radius 3 is 3.00 bits per heavy atom. The third kappa shape index (κ3) is 1.77. The summed E-state index contributed by atoms with van der Waals surface area (Å²) in [4.78, 5) is 0. The van der Waals surface area contributed by atoms with E-state index in [0.29, 0.717) is 12.4 Å². The Morgan fingerprint density at radius 2 is 2.43 bits per heavy atom. The van der Waals surface area contributed by atoms with Gasteiger partial charge in [0.25, 0.3) is 0 Å². The summed E-state index contributed by atoms with van der Waals surface area (Å²) in [6, 6.07) is 3.69. The predicted molar refractivity (Wildman–Crippen MR) is 53.1 cm³/mol. The Bertz CT molecular complexity index is 418. The summed E-state index contributed by atoms with van der Waals surface area (Å²) in [7, 11) is 1.86. The van der Waals surface area contributed by atoms with E-state index < -0.39 is 0 Å². The fourth-order valence-electron chi connectivity index (χ4n) is 1.18. The molecule has 14 heavy (non-hydrogen) atoms. The zero-order valence-electron chi connectivity index (χ0n) is 7.90. The van der Waals surface area contributed by atoms with Crippen molar-refractivity contribution < 1.29 is 4.42 Å². The van der Waals surface area contributed by atoms with Crippen molar-refractivity contribution in [3.63, 3.8) is 0 Å². The van der Waals surface area contributed by atoms with Crippen LogP contribution in [0.3, 0.4) is 0 Å². The Morgan fingerprint density at radius 1 is 1.57 bits per heavy atom. The van der Waals surface area contributed by atoms with Crippen molar-refractivity contribution in [2.45, 2.75) is 6.54 Å². The molecule has 0 aliphatic rings. The maximum atomic E-state index is 5.42. The van der Waals surface area contributed by atoms with Crippen molar-refractivity contribution in [3.8, 4) is 0 Å². The Labute approximate surface area is 81.5 Å². The predicted octanol–water partition coefficient (Wildman–Crippen LogP) is 1.22. The molecule has 0 aliphatic heterocycles. The van der Waals surface area contributed by atoms with E-state index in [1.54, 1.807) is 10.9 Å². The fourth-order valence-corrected chi connectivity index (χ4v) is 1.18. The topological polar surface area (TPSA) is 69.0 Å². The molecule has 0 amide bonds. The molecule has 0 saturated carbocycles. The summed E-state index contributed by atoms with van der Waals surface area (Å²) in [6.45, 7) is 0.411. The second kappa shape index (κ2) is 3.55. The molecule has 0 aromatic carbocycles. The number of aryl methyl sites for hydroxylation is 1. The first-order valence-corrected chi connectivity index (χ1v) is 4.32. The largest absolute Gasteiger partial charge is 0.444 e. The maximum absolute atomic E-state index is 5.42. The molecule has 3 N–H and O–H groups in total. The van der Waals surface area contributed by atoms with Gasteiger partial charge in [-0.15, -0.1) is 0 Å². The smallest absolute Gasteiger partial charge is 0.197 e. The van der Waals surface area contributed by atoms with E-state index in [1.807, 2.05) is 25.4 Å². The number of hydrogen-bond donors (Lipinski definition) is 2. The van der Waals surface area contributed by atoms with Crippen molar-refractivity contribution in [1.29, 1.82) is 0 Å². The highest BCUT2D eigenvalue weighted by molar-refractivity contribution is 5.52. The molecule has 0 atom stereocenters. The van der Waals surface area contributed by atoms with E-state index in [4.69, 9.17) is 10.2 Å². The number of rotatable bonds is 3. The lowest BCUT2D eigenvalue weighted by Gasteiger charge is -1.96. The van der Waals surface area contributed by atoms with E-state index >= 15 is 0 Å². The minimum absolute atomic E-state index is 0.411. The van der Waals surface area contributed by atoms with Gasteiger partial charge in [-0.1, -0.05) is 0 Å². The summed E-state index contributed by atoms with van der Waals surface area (Å²) in [5, 5.41) is 7.10. The number of aromatic nitrogens is 2. The number of nitrogens with zero attached hydrogens (tertiary/aromatic N) is 2. The van der Waals surface area contributed by atoms with Crippen molar-refractivity contribution in [1.82, 2.24) is 9.78 Å². The Hall–Kier alpha value is -1.75. The summed E-state index contributed by atoms with van der Waals surface area (Å²) in [6.07, 6.45) is 3.59. The fraction of sp³-hybridized carbons (Fsp3) is 0.222.